The number of halogens is 2. The lowest BCUT2D eigenvalue weighted by Gasteiger charge is -2.32. The number of nitrogens with one attached hydrogen (secondary N) is 1. The molecule has 0 aliphatic rings. The lowest BCUT2D eigenvalue weighted by atomic mass is 10.0. The molecule has 0 heterocycles. The molecule has 2 amide bonds. The predicted octanol–water partition coefficient (Wildman–Crippen LogP) is 6.38. The zero-order valence-corrected chi connectivity index (χ0v) is 23.0. The number of carbonyl (C=O) groups excluding carboxylic acids is 2. The summed E-state index contributed by atoms with van der Waals surface area (Å²) >= 11 is 4.92. The SMILES string of the molecule is CC[C@H](C)NC(=O)[C@@H](Cc1ccccc1)N(Cc1ccccc1F)C(=O)CSCc1ccc(Br)cc1. The van der Waals surface area contributed by atoms with Crippen molar-refractivity contribution in [3.8, 4) is 0 Å². The summed E-state index contributed by atoms with van der Waals surface area (Å²) in [6, 6.07) is 23.2. The first kappa shape index (κ1) is 27.9. The highest BCUT2D eigenvalue weighted by atomic mass is 79.9. The van der Waals surface area contributed by atoms with E-state index >= 15 is 0 Å². The topological polar surface area (TPSA) is 49.4 Å². The van der Waals surface area contributed by atoms with Crippen LogP contribution < -0.4 is 5.32 Å². The molecule has 0 radical (unpaired) electrons. The van der Waals surface area contributed by atoms with Crippen molar-refractivity contribution in [2.45, 2.75) is 51.1 Å². The van der Waals surface area contributed by atoms with Gasteiger partial charge in [0.2, 0.25) is 11.8 Å². The Morgan fingerprint density at radius 1 is 0.972 bits per heavy atom. The maximum atomic E-state index is 14.6. The molecule has 0 unspecified atom stereocenters. The van der Waals surface area contributed by atoms with Crippen LogP contribution in [0.15, 0.2) is 83.3 Å². The fraction of sp³-hybridized carbons (Fsp3) is 0.310. The molecule has 2 atom stereocenters. The van der Waals surface area contributed by atoms with Crippen LogP contribution in [0.25, 0.3) is 0 Å². The molecule has 0 spiro atoms. The van der Waals surface area contributed by atoms with Gasteiger partial charge < -0.3 is 10.2 Å². The highest BCUT2D eigenvalue weighted by Gasteiger charge is 2.31. The number of thioether (sulfide) groups is 1. The Bertz CT molecular complexity index is 1130. The summed E-state index contributed by atoms with van der Waals surface area (Å²) in [7, 11) is 0. The average molecular weight is 572 g/mol. The van der Waals surface area contributed by atoms with Gasteiger partial charge in [-0.3, -0.25) is 9.59 Å². The third-order valence-corrected chi connectivity index (χ3v) is 7.50. The Morgan fingerprint density at radius 3 is 2.31 bits per heavy atom. The van der Waals surface area contributed by atoms with Gasteiger partial charge in [-0.05, 0) is 42.7 Å². The van der Waals surface area contributed by atoms with Gasteiger partial charge in [-0.25, -0.2) is 4.39 Å². The Kier molecular flexibility index (Phi) is 11.0. The molecule has 190 valence electrons. The van der Waals surface area contributed by atoms with Crippen LogP contribution in [0.2, 0.25) is 0 Å². The summed E-state index contributed by atoms with van der Waals surface area (Å²) in [6.45, 7) is 3.96. The first-order valence-corrected chi connectivity index (χ1v) is 14.0. The minimum atomic E-state index is -0.762. The first-order valence-electron chi connectivity index (χ1n) is 12.1. The van der Waals surface area contributed by atoms with Gasteiger partial charge in [0.25, 0.3) is 0 Å². The number of hydrogen-bond acceptors (Lipinski definition) is 3. The smallest absolute Gasteiger partial charge is 0.243 e. The molecular weight excluding hydrogens is 539 g/mol. The van der Waals surface area contributed by atoms with E-state index in [0.717, 1.165) is 22.0 Å². The molecule has 3 aromatic carbocycles. The van der Waals surface area contributed by atoms with E-state index in [1.807, 2.05) is 68.4 Å². The van der Waals surface area contributed by atoms with E-state index in [9.17, 15) is 14.0 Å². The molecule has 0 aliphatic carbocycles. The van der Waals surface area contributed by atoms with Crippen molar-refractivity contribution in [1.82, 2.24) is 10.2 Å². The molecular formula is C29H32BrFN2O2S. The average Bonchev–Trinajstić information content (AvgIpc) is 2.88. The third-order valence-electron chi connectivity index (χ3n) is 5.98. The van der Waals surface area contributed by atoms with Crippen molar-refractivity contribution in [3.05, 3.63) is 106 Å². The molecule has 0 saturated carbocycles. The summed E-state index contributed by atoms with van der Waals surface area (Å²) < 4.78 is 15.6. The zero-order chi connectivity index (χ0) is 25.9. The van der Waals surface area contributed by atoms with Crippen molar-refractivity contribution in [2.75, 3.05) is 5.75 Å². The lowest BCUT2D eigenvalue weighted by Crippen LogP contribution is -2.52. The van der Waals surface area contributed by atoms with Crippen LogP contribution in [0, 0.1) is 5.82 Å². The lowest BCUT2D eigenvalue weighted by molar-refractivity contribution is -0.139. The van der Waals surface area contributed by atoms with E-state index in [2.05, 4.69) is 21.2 Å². The van der Waals surface area contributed by atoms with Crippen LogP contribution in [0.5, 0.6) is 0 Å². The Balaban J connectivity index is 1.86. The molecule has 36 heavy (non-hydrogen) atoms. The third kappa shape index (κ3) is 8.49. The molecule has 3 aromatic rings. The summed E-state index contributed by atoms with van der Waals surface area (Å²) in [5.41, 5.74) is 2.43. The van der Waals surface area contributed by atoms with Crippen LogP contribution in [0.3, 0.4) is 0 Å². The van der Waals surface area contributed by atoms with Gasteiger partial charge in [0.15, 0.2) is 0 Å². The summed E-state index contributed by atoms with van der Waals surface area (Å²) in [5.74, 6) is 0.0384. The molecule has 0 aliphatic heterocycles. The molecule has 1 N–H and O–H groups in total. The second-order valence-electron chi connectivity index (χ2n) is 8.76. The highest BCUT2D eigenvalue weighted by molar-refractivity contribution is 9.10. The summed E-state index contributed by atoms with van der Waals surface area (Å²) in [4.78, 5) is 28.6. The standard InChI is InChI=1S/C29H32BrFN2O2S/c1-3-21(2)32-29(35)27(17-22-9-5-4-6-10-22)33(18-24-11-7-8-12-26(24)31)28(34)20-36-19-23-13-15-25(30)16-14-23/h4-16,21,27H,3,17-20H2,1-2H3,(H,32,35)/t21-,27+/m0/s1. The minimum absolute atomic E-state index is 0.0236. The summed E-state index contributed by atoms with van der Waals surface area (Å²) in [6.07, 6.45) is 1.12. The van der Waals surface area contributed by atoms with Gasteiger partial charge in [0.1, 0.15) is 11.9 Å². The first-order chi connectivity index (χ1) is 17.4. The fourth-order valence-electron chi connectivity index (χ4n) is 3.72. The summed E-state index contributed by atoms with van der Waals surface area (Å²) in [5, 5.41) is 3.04. The van der Waals surface area contributed by atoms with Gasteiger partial charge >= 0.3 is 0 Å². The maximum absolute atomic E-state index is 14.6. The minimum Gasteiger partial charge on any atom is -0.352 e. The number of benzene rings is 3. The van der Waals surface area contributed by atoms with Crippen LogP contribution in [-0.2, 0) is 28.3 Å². The van der Waals surface area contributed by atoms with E-state index in [1.165, 1.54) is 22.7 Å². The van der Waals surface area contributed by atoms with E-state index in [0.29, 0.717) is 17.7 Å². The fourth-order valence-corrected chi connectivity index (χ4v) is 4.86. The van der Waals surface area contributed by atoms with Crippen LogP contribution in [-0.4, -0.2) is 34.6 Å². The molecule has 7 heteroatoms. The molecule has 0 bridgehead atoms. The number of rotatable bonds is 12. The van der Waals surface area contributed by atoms with Crippen molar-refractivity contribution in [3.63, 3.8) is 0 Å². The van der Waals surface area contributed by atoms with Crippen LogP contribution in [0.4, 0.5) is 4.39 Å². The molecule has 4 nitrogen and oxygen atoms in total. The van der Waals surface area contributed by atoms with E-state index in [1.54, 1.807) is 18.2 Å². The number of nitrogens with zero attached hydrogens (tertiary/aromatic N) is 1. The maximum Gasteiger partial charge on any atom is 0.243 e. The molecule has 0 saturated heterocycles. The van der Waals surface area contributed by atoms with Crippen molar-refractivity contribution >= 4 is 39.5 Å². The number of hydrogen-bond donors (Lipinski definition) is 1. The number of carbonyl (C=O) groups is 2. The van der Waals surface area contributed by atoms with Crippen LogP contribution in [0.1, 0.15) is 37.0 Å². The van der Waals surface area contributed by atoms with Crippen molar-refractivity contribution < 1.29 is 14.0 Å². The Labute approximate surface area is 225 Å². The molecule has 3 rings (SSSR count). The van der Waals surface area contributed by atoms with Crippen molar-refractivity contribution in [1.29, 1.82) is 0 Å². The quantitative estimate of drug-likeness (QED) is 0.275. The Morgan fingerprint density at radius 2 is 1.64 bits per heavy atom. The highest BCUT2D eigenvalue weighted by Crippen LogP contribution is 2.20. The van der Waals surface area contributed by atoms with E-state index in [-0.39, 0.29) is 30.2 Å². The van der Waals surface area contributed by atoms with Gasteiger partial charge in [-0.2, -0.15) is 0 Å². The Hall–Kier alpha value is -2.64. The number of amides is 2. The normalized spacial score (nSPS) is 12.6. The predicted molar refractivity (Wildman–Crippen MR) is 149 cm³/mol. The monoisotopic (exact) mass is 570 g/mol. The van der Waals surface area contributed by atoms with Gasteiger partial charge in [-0.15, -0.1) is 11.8 Å². The van der Waals surface area contributed by atoms with Crippen molar-refractivity contribution in [2.24, 2.45) is 0 Å². The second kappa shape index (κ2) is 14.2. The second-order valence-corrected chi connectivity index (χ2v) is 10.7. The van der Waals surface area contributed by atoms with E-state index < -0.39 is 11.9 Å². The largest absolute Gasteiger partial charge is 0.352 e. The zero-order valence-electron chi connectivity index (χ0n) is 20.6. The van der Waals surface area contributed by atoms with E-state index in [4.69, 9.17) is 0 Å². The molecule has 0 fully saturated rings. The van der Waals surface area contributed by atoms with Crippen LogP contribution >= 0.6 is 27.7 Å². The van der Waals surface area contributed by atoms with Gasteiger partial charge in [0, 0.05) is 34.8 Å². The van der Waals surface area contributed by atoms with Gasteiger partial charge in [-0.1, -0.05) is 83.5 Å². The molecule has 0 aromatic heterocycles. The van der Waals surface area contributed by atoms with Gasteiger partial charge in [0.05, 0.1) is 5.75 Å².